The van der Waals surface area contributed by atoms with Crippen LogP contribution in [0.2, 0.25) is 0 Å². The highest BCUT2D eigenvalue weighted by atomic mass is 19.4. The van der Waals surface area contributed by atoms with Crippen molar-refractivity contribution in [2.45, 2.75) is 25.2 Å². The van der Waals surface area contributed by atoms with E-state index in [-0.39, 0.29) is 11.8 Å². The van der Waals surface area contributed by atoms with Gasteiger partial charge in [-0.2, -0.15) is 18.3 Å². The number of alkyl halides is 3. The van der Waals surface area contributed by atoms with Crippen LogP contribution < -0.4 is 9.47 Å². The van der Waals surface area contributed by atoms with Crippen LogP contribution in [0.25, 0.3) is 11.3 Å². The molecule has 0 aliphatic carbocycles. The average molecular weight is 386 g/mol. The minimum absolute atomic E-state index is 0.0138. The van der Waals surface area contributed by atoms with Crippen molar-refractivity contribution in [1.29, 1.82) is 0 Å². The summed E-state index contributed by atoms with van der Waals surface area (Å²) < 4.78 is 56.2. The highest BCUT2D eigenvalue weighted by Gasteiger charge is 2.35. The van der Waals surface area contributed by atoms with Crippen molar-refractivity contribution in [2.24, 2.45) is 0 Å². The Morgan fingerprint density at radius 2 is 2.15 bits per heavy atom. The molecule has 0 amide bonds. The first-order valence-electron chi connectivity index (χ1n) is 8.07. The van der Waals surface area contributed by atoms with Gasteiger partial charge in [0, 0.05) is 12.0 Å². The molecule has 1 saturated heterocycles. The zero-order valence-corrected chi connectivity index (χ0v) is 14.3. The number of methoxy groups -OCH3 is 1. The fourth-order valence-corrected chi connectivity index (χ4v) is 2.75. The SMILES string of the molecule is COc1ccc(-c2cc(C(F)(F)F)nn2CC(=O)O)cc1O[C@@H]1CCOC1. The quantitative estimate of drug-likeness (QED) is 0.822. The number of ether oxygens (including phenoxy) is 3. The minimum Gasteiger partial charge on any atom is -0.493 e. The van der Waals surface area contributed by atoms with Gasteiger partial charge in [-0.05, 0) is 24.3 Å². The van der Waals surface area contributed by atoms with Crippen LogP contribution in [0, 0.1) is 0 Å². The van der Waals surface area contributed by atoms with Gasteiger partial charge in [0.05, 0.1) is 26.0 Å². The van der Waals surface area contributed by atoms with Crippen LogP contribution in [0.5, 0.6) is 11.5 Å². The first-order valence-corrected chi connectivity index (χ1v) is 8.07. The molecule has 146 valence electrons. The zero-order valence-electron chi connectivity index (χ0n) is 14.3. The molecule has 0 bridgehead atoms. The van der Waals surface area contributed by atoms with E-state index in [0.29, 0.717) is 36.7 Å². The third kappa shape index (κ3) is 4.33. The molecule has 27 heavy (non-hydrogen) atoms. The smallest absolute Gasteiger partial charge is 0.435 e. The number of nitrogens with zero attached hydrogens (tertiary/aromatic N) is 2. The Hall–Kier alpha value is -2.75. The molecule has 1 fully saturated rings. The second-order valence-electron chi connectivity index (χ2n) is 5.93. The minimum atomic E-state index is -4.69. The van der Waals surface area contributed by atoms with Crippen molar-refractivity contribution in [3.63, 3.8) is 0 Å². The van der Waals surface area contributed by atoms with Gasteiger partial charge in [0.25, 0.3) is 0 Å². The molecule has 3 rings (SSSR count). The van der Waals surface area contributed by atoms with Crippen LogP contribution in [-0.2, 0) is 22.3 Å². The lowest BCUT2D eigenvalue weighted by atomic mass is 10.1. The van der Waals surface area contributed by atoms with E-state index in [1.165, 1.54) is 19.2 Å². The van der Waals surface area contributed by atoms with Crippen LogP contribution in [0.15, 0.2) is 24.3 Å². The molecule has 7 nitrogen and oxygen atoms in total. The van der Waals surface area contributed by atoms with Gasteiger partial charge in [-0.1, -0.05) is 0 Å². The van der Waals surface area contributed by atoms with Crippen molar-refractivity contribution < 1.29 is 37.3 Å². The van der Waals surface area contributed by atoms with E-state index in [2.05, 4.69) is 5.10 Å². The molecule has 0 radical (unpaired) electrons. The van der Waals surface area contributed by atoms with Crippen LogP contribution in [-0.4, -0.2) is 47.3 Å². The summed E-state index contributed by atoms with van der Waals surface area (Å²) in [5.41, 5.74) is -0.824. The monoisotopic (exact) mass is 386 g/mol. The van der Waals surface area contributed by atoms with Gasteiger partial charge in [-0.25, -0.2) is 0 Å². The van der Waals surface area contributed by atoms with E-state index in [1.807, 2.05) is 0 Å². The number of aromatic nitrogens is 2. The molecular weight excluding hydrogens is 369 g/mol. The van der Waals surface area contributed by atoms with Gasteiger partial charge in [-0.15, -0.1) is 0 Å². The number of benzene rings is 1. The largest absolute Gasteiger partial charge is 0.493 e. The van der Waals surface area contributed by atoms with Crippen LogP contribution in [0.1, 0.15) is 12.1 Å². The van der Waals surface area contributed by atoms with Crippen molar-refractivity contribution in [3.8, 4) is 22.8 Å². The summed E-state index contributed by atoms with van der Waals surface area (Å²) in [4.78, 5) is 11.0. The maximum Gasteiger partial charge on any atom is 0.435 e. The predicted octanol–water partition coefficient (Wildman–Crippen LogP) is 2.83. The fraction of sp³-hybridized carbons (Fsp3) is 0.412. The van der Waals surface area contributed by atoms with Gasteiger partial charge in [0.15, 0.2) is 17.2 Å². The summed E-state index contributed by atoms with van der Waals surface area (Å²) in [6.45, 7) is 0.264. The summed E-state index contributed by atoms with van der Waals surface area (Å²) in [5.74, 6) is -0.561. The van der Waals surface area contributed by atoms with Crippen LogP contribution in [0.3, 0.4) is 0 Å². The number of aliphatic carboxylic acids is 1. The topological polar surface area (TPSA) is 82.8 Å². The number of carboxylic acids is 1. The Labute approximate surface area is 152 Å². The number of hydrogen-bond donors (Lipinski definition) is 1. The lowest BCUT2D eigenvalue weighted by Gasteiger charge is -2.16. The van der Waals surface area contributed by atoms with E-state index in [9.17, 15) is 18.0 Å². The number of halogens is 3. The molecule has 1 aromatic carbocycles. The summed E-state index contributed by atoms with van der Waals surface area (Å²) in [7, 11) is 1.45. The lowest BCUT2D eigenvalue weighted by Crippen LogP contribution is -2.16. The molecule has 1 N–H and O–H groups in total. The fourth-order valence-electron chi connectivity index (χ4n) is 2.75. The average Bonchev–Trinajstić information content (AvgIpc) is 3.23. The molecule has 2 aromatic rings. The Morgan fingerprint density at radius 3 is 2.74 bits per heavy atom. The second kappa shape index (κ2) is 7.47. The highest BCUT2D eigenvalue weighted by molar-refractivity contribution is 5.70. The number of hydrogen-bond acceptors (Lipinski definition) is 5. The Balaban J connectivity index is 2.01. The molecular formula is C17H17F3N2O5. The zero-order chi connectivity index (χ0) is 19.6. The summed E-state index contributed by atoms with van der Waals surface area (Å²) >= 11 is 0. The Bertz CT molecular complexity index is 828. The lowest BCUT2D eigenvalue weighted by molar-refractivity contribution is -0.143. The molecule has 1 atom stereocenters. The molecule has 0 spiro atoms. The van der Waals surface area contributed by atoms with Crippen molar-refractivity contribution >= 4 is 5.97 Å². The molecule has 10 heteroatoms. The van der Waals surface area contributed by atoms with Crippen LogP contribution in [0.4, 0.5) is 13.2 Å². The van der Waals surface area contributed by atoms with E-state index >= 15 is 0 Å². The predicted molar refractivity (Wildman–Crippen MR) is 86.7 cm³/mol. The molecule has 1 aliphatic heterocycles. The standard InChI is InChI=1S/C17H17F3N2O5/c1-25-13-3-2-10(6-14(13)27-11-4-5-26-9-11)12-7-15(17(18,19)20)21-22(12)8-16(23)24/h2-3,6-7,11H,4-5,8-9H2,1H3,(H,23,24)/t11-/m1/s1. The van der Waals surface area contributed by atoms with Gasteiger partial charge in [0.2, 0.25) is 0 Å². The molecule has 0 saturated carbocycles. The summed E-state index contributed by atoms with van der Waals surface area (Å²) in [6, 6.07) is 5.39. The number of carbonyl (C=O) groups is 1. The summed E-state index contributed by atoms with van der Waals surface area (Å²) in [6.07, 6.45) is -4.20. The number of carboxylic acid groups (broad SMARTS) is 1. The van der Waals surface area contributed by atoms with Gasteiger partial charge >= 0.3 is 12.1 Å². The number of rotatable bonds is 6. The van der Waals surface area contributed by atoms with Gasteiger partial charge in [0.1, 0.15) is 12.6 Å². The van der Waals surface area contributed by atoms with Crippen LogP contribution >= 0.6 is 0 Å². The highest BCUT2D eigenvalue weighted by Crippen LogP contribution is 2.36. The van der Waals surface area contributed by atoms with E-state index in [4.69, 9.17) is 19.3 Å². The molecule has 1 aromatic heterocycles. The van der Waals surface area contributed by atoms with Crippen molar-refractivity contribution in [3.05, 3.63) is 30.0 Å². The maximum atomic E-state index is 13.0. The van der Waals surface area contributed by atoms with Gasteiger partial charge in [-0.3, -0.25) is 9.48 Å². The summed E-state index contributed by atoms with van der Waals surface area (Å²) in [5, 5.41) is 12.4. The first kappa shape index (κ1) is 19.0. The third-order valence-electron chi connectivity index (χ3n) is 4.00. The van der Waals surface area contributed by atoms with Crippen molar-refractivity contribution in [1.82, 2.24) is 9.78 Å². The molecule has 0 unspecified atom stereocenters. The van der Waals surface area contributed by atoms with E-state index < -0.39 is 24.4 Å². The van der Waals surface area contributed by atoms with E-state index in [1.54, 1.807) is 6.07 Å². The normalized spacial score (nSPS) is 17.1. The van der Waals surface area contributed by atoms with Gasteiger partial charge < -0.3 is 19.3 Å². The van der Waals surface area contributed by atoms with E-state index in [0.717, 1.165) is 10.7 Å². The maximum absolute atomic E-state index is 13.0. The Morgan fingerprint density at radius 1 is 1.37 bits per heavy atom. The molecule has 1 aliphatic rings. The Kier molecular flexibility index (Phi) is 5.26. The third-order valence-corrected chi connectivity index (χ3v) is 4.00. The first-order chi connectivity index (χ1) is 12.8. The van der Waals surface area contributed by atoms with Crippen molar-refractivity contribution in [2.75, 3.05) is 20.3 Å². The molecule has 2 heterocycles. The second-order valence-corrected chi connectivity index (χ2v) is 5.93.